The molecule has 0 saturated carbocycles. The number of thiazole rings is 1. The molecule has 1 unspecified atom stereocenters. The molecule has 2 aromatic rings. The van der Waals surface area contributed by atoms with Gasteiger partial charge in [0.1, 0.15) is 5.82 Å². The number of hydrogen-bond acceptors (Lipinski definition) is 5. The number of nitrogens with one attached hydrogen (secondary N) is 2. The Labute approximate surface area is 180 Å². The number of guanidine groups is 1. The third-order valence-electron chi connectivity index (χ3n) is 4.09. The number of aryl methyl sites for hydroxylation is 1. The molecule has 2 N–H and O–H groups in total. The van der Waals surface area contributed by atoms with Crippen LogP contribution >= 0.6 is 46.9 Å². The fraction of sp³-hybridized carbons (Fsp3) is 0.471. The van der Waals surface area contributed by atoms with Gasteiger partial charge in [0.25, 0.3) is 0 Å². The Morgan fingerprint density at radius 2 is 2.31 bits per heavy atom. The zero-order chi connectivity index (χ0) is 17.6. The number of pyridine rings is 1. The van der Waals surface area contributed by atoms with Gasteiger partial charge >= 0.3 is 0 Å². The maximum Gasteiger partial charge on any atom is 0.191 e. The molecule has 1 aliphatic heterocycles. The molecule has 0 aliphatic carbocycles. The van der Waals surface area contributed by atoms with Crippen molar-refractivity contribution in [3.05, 3.63) is 39.4 Å². The van der Waals surface area contributed by atoms with Crippen molar-refractivity contribution < 1.29 is 0 Å². The lowest BCUT2D eigenvalue weighted by Gasteiger charge is -2.20. The zero-order valence-corrected chi connectivity index (χ0v) is 18.8. The molecule has 0 bridgehead atoms. The monoisotopic (exact) mass is 506 g/mol. The van der Waals surface area contributed by atoms with E-state index >= 15 is 0 Å². The first kappa shape index (κ1) is 21.2. The average molecular weight is 507 g/mol. The number of halogens is 2. The first-order valence-electron chi connectivity index (χ1n) is 8.39. The van der Waals surface area contributed by atoms with Crippen LogP contribution in [0.25, 0.3) is 0 Å². The van der Waals surface area contributed by atoms with Gasteiger partial charge in [-0.05, 0) is 25.5 Å². The molecule has 9 heteroatoms. The number of rotatable bonds is 5. The second kappa shape index (κ2) is 10.3. The molecule has 142 valence electrons. The Morgan fingerprint density at radius 1 is 1.46 bits per heavy atom. The van der Waals surface area contributed by atoms with Gasteiger partial charge in [-0.2, -0.15) is 0 Å². The molecular formula is C17H24ClIN6S. The van der Waals surface area contributed by atoms with Gasteiger partial charge in [-0.1, -0.05) is 11.6 Å². The molecule has 3 rings (SSSR count). The molecule has 1 aliphatic rings. The number of aromatic nitrogens is 2. The largest absolute Gasteiger partial charge is 0.356 e. The highest BCUT2D eigenvalue weighted by molar-refractivity contribution is 14.0. The fourth-order valence-corrected chi connectivity index (χ4v) is 3.90. The molecule has 2 aromatic heterocycles. The van der Waals surface area contributed by atoms with Crippen molar-refractivity contribution in [2.75, 3.05) is 31.6 Å². The maximum atomic E-state index is 6.25. The number of aliphatic imine (C=N–C) groups is 1. The second-order valence-corrected chi connectivity index (χ2v) is 7.72. The number of anilines is 1. The summed E-state index contributed by atoms with van der Waals surface area (Å²) in [7, 11) is 1.80. The molecule has 1 saturated heterocycles. The summed E-state index contributed by atoms with van der Waals surface area (Å²) in [5.74, 6) is 1.68. The van der Waals surface area contributed by atoms with E-state index in [2.05, 4.69) is 37.4 Å². The summed E-state index contributed by atoms with van der Waals surface area (Å²) < 4.78 is 0. The Hall–Kier alpha value is -1.13. The van der Waals surface area contributed by atoms with E-state index in [1.807, 2.05) is 18.3 Å². The predicted octanol–water partition coefficient (Wildman–Crippen LogP) is 3.10. The van der Waals surface area contributed by atoms with E-state index in [1.165, 1.54) is 4.88 Å². The Kier molecular flexibility index (Phi) is 8.36. The zero-order valence-electron chi connectivity index (χ0n) is 14.9. The van der Waals surface area contributed by atoms with Crippen molar-refractivity contribution in [2.24, 2.45) is 4.99 Å². The summed E-state index contributed by atoms with van der Waals surface area (Å²) >= 11 is 7.99. The Morgan fingerprint density at radius 3 is 3.00 bits per heavy atom. The summed E-state index contributed by atoms with van der Waals surface area (Å²) in [5.41, 5.74) is 0. The van der Waals surface area contributed by atoms with Gasteiger partial charge in [-0.25, -0.2) is 9.97 Å². The van der Waals surface area contributed by atoms with Crippen LogP contribution in [-0.2, 0) is 6.42 Å². The third-order valence-corrected chi connectivity index (χ3v) is 5.36. The van der Waals surface area contributed by atoms with E-state index in [1.54, 1.807) is 24.6 Å². The van der Waals surface area contributed by atoms with Gasteiger partial charge < -0.3 is 15.5 Å². The van der Waals surface area contributed by atoms with Crippen LogP contribution in [0.3, 0.4) is 0 Å². The third kappa shape index (κ3) is 5.68. The standard InChI is InChI=1S/C17H23ClN6S.HI/c1-12-10-22-15(25-12)5-8-21-17(19-2)23-13-6-9-24(11-13)16-14(18)4-3-7-20-16;/h3-4,7,10,13H,5-6,8-9,11H2,1-2H3,(H2,19,21,23);1H. The first-order chi connectivity index (χ1) is 12.2. The van der Waals surface area contributed by atoms with Gasteiger partial charge in [-0.15, -0.1) is 35.3 Å². The highest BCUT2D eigenvalue weighted by Crippen LogP contribution is 2.25. The maximum absolute atomic E-state index is 6.25. The topological polar surface area (TPSA) is 65.4 Å². The number of nitrogens with zero attached hydrogens (tertiary/aromatic N) is 4. The highest BCUT2D eigenvalue weighted by Gasteiger charge is 2.25. The quantitative estimate of drug-likeness (QED) is 0.371. The molecule has 26 heavy (non-hydrogen) atoms. The van der Waals surface area contributed by atoms with Crippen molar-refractivity contribution in [3.8, 4) is 0 Å². The minimum absolute atomic E-state index is 0. The minimum Gasteiger partial charge on any atom is -0.356 e. The van der Waals surface area contributed by atoms with Gasteiger partial charge in [0, 0.05) is 56.4 Å². The SMILES string of the molecule is CN=C(NCCc1ncc(C)s1)NC1CCN(c2ncccc2Cl)C1.I. The van der Waals surface area contributed by atoms with Crippen molar-refractivity contribution in [1.29, 1.82) is 0 Å². The summed E-state index contributed by atoms with van der Waals surface area (Å²) in [4.78, 5) is 16.6. The van der Waals surface area contributed by atoms with Gasteiger partial charge in [-0.3, -0.25) is 4.99 Å². The van der Waals surface area contributed by atoms with Crippen LogP contribution in [0, 0.1) is 6.92 Å². The summed E-state index contributed by atoms with van der Waals surface area (Å²) in [6.07, 6.45) is 5.63. The average Bonchev–Trinajstić information content (AvgIpc) is 3.23. The van der Waals surface area contributed by atoms with E-state index in [9.17, 15) is 0 Å². The fourth-order valence-electron chi connectivity index (χ4n) is 2.87. The Bertz CT molecular complexity index is 738. The lowest BCUT2D eigenvalue weighted by atomic mass is 10.3. The lowest BCUT2D eigenvalue weighted by Crippen LogP contribution is -2.45. The van der Waals surface area contributed by atoms with Crippen LogP contribution in [-0.4, -0.2) is 48.7 Å². The summed E-state index contributed by atoms with van der Waals surface area (Å²) in [6.45, 7) is 4.69. The molecular weight excluding hydrogens is 483 g/mol. The van der Waals surface area contributed by atoms with Crippen LogP contribution < -0.4 is 15.5 Å². The van der Waals surface area contributed by atoms with Crippen LogP contribution in [0.4, 0.5) is 5.82 Å². The molecule has 0 amide bonds. The number of hydrogen-bond donors (Lipinski definition) is 2. The molecule has 3 heterocycles. The first-order valence-corrected chi connectivity index (χ1v) is 9.59. The Balaban J connectivity index is 0.00000243. The van der Waals surface area contributed by atoms with Crippen LogP contribution in [0.15, 0.2) is 29.5 Å². The molecule has 0 aromatic carbocycles. The lowest BCUT2D eigenvalue weighted by molar-refractivity contribution is 0.648. The molecule has 0 radical (unpaired) electrons. The summed E-state index contributed by atoms with van der Waals surface area (Å²) in [6, 6.07) is 4.06. The summed E-state index contributed by atoms with van der Waals surface area (Å²) in [5, 5.41) is 8.70. The molecule has 0 spiro atoms. The van der Waals surface area contributed by atoms with Crippen molar-refractivity contribution >= 4 is 58.7 Å². The predicted molar refractivity (Wildman–Crippen MR) is 120 cm³/mol. The van der Waals surface area contributed by atoms with Crippen molar-refractivity contribution in [2.45, 2.75) is 25.8 Å². The minimum atomic E-state index is 0. The van der Waals surface area contributed by atoms with Crippen molar-refractivity contribution in [3.63, 3.8) is 0 Å². The van der Waals surface area contributed by atoms with E-state index < -0.39 is 0 Å². The van der Waals surface area contributed by atoms with Crippen LogP contribution in [0.5, 0.6) is 0 Å². The van der Waals surface area contributed by atoms with E-state index in [-0.39, 0.29) is 24.0 Å². The van der Waals surface area contributed by atoms with E-state index in [0.717, 1.165) is 49.3 Å². The van der Waals surface area contributed by atoms with Crippen LogP contribution in [0.1, 0.15) is 16.3 Å². The second-order valence-electron chi connectivity index (χ2n) is 6.00. The molecule has 6 nitrogen and oxygen atoms in total. The highest BCUT2D eigenvalue weighted by atomic mass is 127. The normalized spacial score (nSPS) is 17.1. The van der Waals surface area contributed by atoms with Crippen LogP contribution in [0.2, 0.25) is 5.02 Å². The molecule has 1 fully saturated rings. The van der Waals surface area contributed by atoms with Gasteiger partial charge in [0.15, 0.2) is 5.96 Å². The van der Waals surface area contributed by atoms with E-state index in [4.69, 9.17) is 11.6 Å². The van der Waals surface area contributed by atoms with Gasteiger partial charge in [0.05, 0.1) is 10.0 Å². The molecule has 1 atom stereocenters. The van der Waals surface area contributed by atoms with Crippen molar-refractivity contribution in [1.82, 2.24) is 20.6 Å². The van der Waals surface area contributed by atoms with Gasteiger partial charge in [0.2, 0.25) is 0 Å². The smallest absolute Gasteiger partial charge is 0.191 e. The van der Waals surface area contributed by atoms with E-state index in [0.29, 0.717) is 11.1 Å².